The Hall–Kier alpha value is -2.13. The molecule has 0 amide bonds. The van der Waals surface area contributed by atoms with E-state index in [1.54, 1.807) is 0 Å². The van der Waals surface area contributed by atoms with Gasteiger partial charge in [-0.2, -0.15) is 0 Å². The Morgan fingerprint density at radius 3 is 1.82 bits per heavy atom. The molecule has 3 rings (SSSR count). The molecular formula is C19H15BrFN. The van der Waals surface area contributed by atoms with Gasteiger partial charge in [0.05, 0.1) is 5.69 Å². The number of hydrogen-bond acceptors (Lipinski definition) is 1. The molecule has 3 heteroatoms. The minimum atomic E-state index is -0.298. The average molecular weight is 356 g/mol. The molecule has 0 fully saturated rings. The normalized spacial score (nSPS) is 10.9. The zero-order chi connectivity index (χ0) is 15.5. The van der Waals surface area contributed by atoms with E-state index in [9.17, 15) is 4.39 Å². The minimum absolute atomic E-state index is 0.102. The van der Waals surface area contributed by atoms with Gasteiger partial charge in [0.2, 0.25) is 0 Å². The highest BCUT2D eigenvalue weighted by Crippen LogP contribution is 2.38. The maximum Gasteiger partial charge on any atom is 0.124 e. The number of anilines is 1. The highest BCUT2D eigenvalue weighted by molar-refractivity contribution is 9.10. The van der Waals surface area contributed by atoms with Crippen molar-refractivity contribution >= 4 is 21.6 Å². The third kappa shape index (κ3) is 2.90. The van der Waals surface area contributed by atoms with Gasteiger partial charge < -0.3 is 5.73 Å². The first-order valence-electron chi connectivity index (χ1n) is 7.01. The van der Waals surface area contributed by atoms with Gasteiger partial charge in [0.1, 0.15) is 5.82 Å². The minimum Gasteiger partial charge on any atom is -0.398 e. The van der Waals surface area contributed by atoms with E-state index in [2.05, 4.69) is 15.9 Å². The highest BCUT2D eigenvalue weighted by Gasteiger charge is 2.20. The summed E-state index contributed by atoms with van der Waals surface area (Å²) in [6, 6.07) is 22.9. The van der Waals surface area contributed by atoms with Crippen LogP contribution in [0.4, 0.5) is 10.1 Å². The maximum atomic E-state index is 13.9. The summed E-state index contributed by atoms with van der Waals surface area (Å²) >= 11 is 3.35. The summed E-state index contributed by atoms with van der Waals surface area (Å²) in [6.45, 7) is 0. The highest BCUT2D eigenvalue weighted by atomic mass is 79.9. The fourth-order valence-corrected chi connectivity index (χ4v) is 3.13. The molecule has 0 aliphatic carbocycles. The molecule has 0 saturated carbocycles. The van der Waals surface area contributed by atoms with Crippen LogP contribution in [0, 0.1) is 5.82 Å². The van der Waals surface area contributed by atoms with Crippen molar-refractivity contribution in [1.29, 1.82) is 0 Å². The van der Waals surface area contributed by atoms with Crippen molar-refractivity contribution in [1.82, 2.24) is 0 Å². The molecule has 22 heavy (non-hydrogen) atoms. The van der Waals surface area contributed by atoms with Gasteiger partial charge in [-0.15, -0.1) is 0 Å². The second-order valence-corrected chi connectivity index (χ2v) is 6.00. The Morgan fingerprint density at radius 2 is 1.32 bits per heavy atom. The zero-order valence-corrected chi connectivity index (χ0v) is 13.4. The molecule has 0 unspecified atom stereocenters. The van der Waals surface area contributed by atoms with Crippen molar-refractivity contribution in [3.63, 3.8) is 0 Å². The van der Waals surface area contributed by atoms with Crippen molar-refractivity contribution < 1.29 is 4.39 Å². The van der Waals surface area contributed by atoms with Gasteiger partial charge in [0, 0.05) is 10.4 Å². The molecule has 0 aliphatic rings. The van der Waals surface area contributed by atoms with Gasteiger partial charge >= 0.3 is 0 Å². The second-order valence-electron chi connectivity index (χ2n) is 5.14. The van der Waals surface area contributed by atoms with E-state index in [-0.39, 0.29) is 11.7 Å². The van der Waals surface area contributed by atoms with E-state index < -0.39 is 0 Å². The summed E-state index contributed by atoms with van der Waals surface area (Å²) in [7, 11) is 0. The van der Waals surface area contributed by atoms with Gasteiger partial charge in [0.25, 0.3) is 0 Å². The number of halogens is 2. The van der Waals surface area contributed by atoms with Gasteiger partial charge in [-0.3, -0.25) is 0 Å². The van der Waals surface area contributed by atoms with E-state index in [4.69, 9.17) is 5.73 Å². The predicted molar refractivity (Wildman–Crippen MR) is 92.3 cm³/mol. The van der Waals surface area contributed by atoms with E-state index >= 15 is 0 Å². The molecule has 3 aromatic carbocycles. The Balaban J connectivity index is 2.23. The lowest BCUT2D eigenvalue weighted by Gasteiger charge is -2.21. The first kappa shape index (κ1) is 14.8. The van der Waals surface area contributed by atoms with Gasteiger partial charge in [-0.1, -0.05) is 60.7 Å². The fraction of sp³-hybridized carbons (Fsp3) is 0.0526. The van der Waals surface area contributed by atoms with Gasteiger partial charge in [-0.25, -0.2) is 4.39 Å². The molecule has 0 bridgehead atoms. The van der Waals surface area contributed by atoms with E-state index in [0.717, 1.165) is 16.7 Å². The van der Waals surface area contributed by atoms with E-state index in [1.807, 2.05) is 60.7 Å². The Labute approximate surface area is 137 Å². The van der Waals surface area contributed by atoms with Crippen LogP contribution in [0.5, 0.6) is 0 Å². The molecule has 0 atom stereocenters. The van der Waals surface area contributed by atoms with Gasteiger partial charge in [-0.05, 0) is 44.8 Å². The second kappa shape index (κ2) is 6.32. The molecule has 0 aromatic heterocycles. The quantitative estimate of drug-likeness (QED) is 0.497. The van der Waals surface area contributed by atoms with Gasteiger partial charge in [0.15, 0.2) is 0 Å². The number of benzene rings is 3. The van der Waals surface area contributed by atoms with Crippen LogP contribution in [0.3, 0.4) is 0 Å². The standard InChI is InChI=1S/C19H15BrFN/c20-17-12-15(21)11-16(19(17)22)18(13-7-3-1-4-8-13)14-9-5-2-6-10-14/h1-12,18H,22H2. The molecule has 2 N–H and O–H groups in total. The number of hydrogen-bond donors (Lipinski definition) is 1. The summed E-state index contributed by atoms with van der Waals surface area (Å²) in [4.78, 5) is 0. The van der Waals surface area contributed by atoms with Crippen LogP contribution in [0.25, 0.3) is 0 Å². The lowest BCUT2D eigenvalue weighted by atomic mass is 9.84. The molecule has 0 radical (unpaired) electrons. The average Bonchev–Trinajstić information content (AvgIpc) is 2.54. The number of nitrogens with two attached hydrogens (primary N) is 1. The molecule has 0 saturated heterocycles. The topological polar surface area (TPSA) is 26.0 Å². The monoisotopic (exact) mass is 355 g/mol. The number of nitrogen functional groups attached to an aromatic ring is 1. The van der Waals surface area contributed by atoms with Crippen LogP contribution in [-0.4, -0.2) is 0 Å². The largest absolute Gasteiger partial charge is 0.398 e. The van der Waals surface area contributed by atoms with Crippen LogP contribution in [0.1, 0.15) is 22.6 Å². The first-order chi connectivity index (χ1) is 10.7. The van der Waals surface area contributed by atoms with Crippen LogP contribution in [0.2, 0.25) is 0 Å². The maximum absolute atomic E-state index is 13.9. The predicted octanol–water partition coefficient (Wildman–Crippen LogP) is 5.35. The molecule has 1 nitrogen and oxygen atoms in total. The molecular weight excluding hydrogens is 341 g/mol. The van der Waals surface area contributed by atoms with Crippen molar-refractivity contribution in [2.45, 2.75) is 5.92 Å². The van der Waals surface area contributed by atoms with Crippen LogP contribution < -0.4 is 5.73 Å². The fourth-order valence-electron chi connectivity index (χ4n) is 2.69. The molecule has 3 aromatic rings. The summed E-state index contributed by atoms with van der Waals surface area (Å²) in [6.07, 6.45) is 0. The SMILES string of the molecule is Nc1c(Br)cc(F)cc1C(c1ccccc1)c1ccccc1. The molecule has 0 aliphatic heterocycles. The van der Waals surface area contributed by atoms with E-state index in [1.165, 1.54) is 12.1 Å². The summed E-state index contributed by atoms with van der Waals surface area (Å²) in [5.74, 6) is -0.401. The van der Waals surface area contributed by atoms with Crippen molar-refractivity contribution in [3.8, 4) is 0 Å². The van der Waals surface area contributed by atoms with Crippen molar-refractivity contribution in [2.24, 2.45) is 0 Å². The van der Waals surface area contributed by atoms with Crippen LogP contribution in [0.15, 0.2) is 77.3 Å². The molecule has 0 spiro atoms. The summed E-state index contributed by atoms with van der Waals surface area (Å²) in [5.41, 5.74) is 9.71. The molecule has 0 heterocycles. The summed E-state index contributed by atoms with van der Waals surface area (Å²) < 4.78 is 14.5. The third-order valence-corrected chi connectivity index (χ3v) is 4.36. The third-order valence-electron chi connectivity index (χ3n) is 3.70. The van der Waals surface area contributed by atoms with Crippen LogP contribution in [-0.2, 0) is 0 Å². The zero-order valence-electron chi connectivity index (χ0n) is 11.8. The molecule has 110 valence electrons. The Kier molecular flexibility index (Phi) is 4.25. The number of rotatable bonds is 3. The smallest absolute Gasteiger partial charge is 0.124 e. The van der Waals surface area contributed by atoms with Crippen molar-refractivity contribution in [3.05, 3.63) is 99.8 Å². The Bertz CT molecular complexity index is 733. The lowest BCUT2D eigenvalue weighted by Crippen LogP contribution is -2.07. The Morgan fingerprint density at radius 1 is 0.818 bits per heavy atom. The lowest BCUT2D eigenvalue weighted by molar-refractivity contribution is 0.624. The van der Waals surface area contributed by atoms with E-state index in [0.29, 0.717) is 10.2 Å². The van der Waals surface area contributed by atoms with Crippen LogP contribution >= 0.6 is 15.9 Å². The first-order valence-corrected chi connectivity index (χ1v) is 7.80. The summed E-state index contributed by atoms with van der Waals surface area (Å²) in [5, 5.41) is 0. The van der Waals surface area contributed by atoms with Crippen molar-refractivity contribution in [2.75, 3.05) is 5.73 Å².